The molecule has 1 nitrogen and oxygen atoms in total. The van der Waals surface area contributed by atoms with Crippen LogP contribution in [0.2, 0.25) is 0 Å². The van der Waals surface area contributed by atoms with E-state index < -0.39 is 10.2 Å². The summed E-state index contributed by atoms with van der Waals surface area (Å²) >= 11 is 0. The van der Waals surface area contributed by atoms with Crippen LogP contribution in [0.25, 0.3) is 0 Å². The van der Waals surface area contributed by atoms with Crippen molar-refractivity contribution < 1.29 is 4.55 Å². The molecule has 26 valence electrons. The van der Waals surface area contributed by atoms with Crippen molar-refractivity contribution in [1.29, 1.82) is 0 Å². The van der Waals surface area contributed by atoms with Crippen molar-refractivity contribution in [2.45, 2.75) is 0 Å². The molecule has 0 fully saturated rings. The van der Waals surface area contributed by atoms with Gasteiger partial charge in [0.2, 0.25) is 0 Å². The predicted octanol–water partition coefficient (Wildman–Crippen LogP) is 1.42. The minimum atomic E-state index is -0.926. The standard InChI is InChI=1S/CH5OPS/c1-4(2)3/h2,4H,1H3. The first-order chi connectivity index (χ1) is 1.73. The molecule has 0 saturated heterocycles. The molecule has 1 unspecified atom stereocenters. The summed E-state index contributed by atoms with van der Waals surface area (Å²) < 4.78 is 7.98. The maximum absolute atomic E-state index is 7.98. The Morgan fingerprint density at radius 1 is 2.00 bits per heavy atom. The molecule has 0 amide bonds. The first-order valence-electron chi connectivity index (χ1n) is 0.847. The number of rotatable bonds is 0. The van der Waals surface area contributed by atoms with Crippen molar-refractivity contribution in [3.63, 3.8) is 0 Å². The van der Waals surface area contributed by atoms with Gasteiger partial charge in [-0.05, 0) is 0 Å². The molecule has 0 aromatic heterocycles. The van der Waals surface area contributed by atoms with E-state index >= 15 is 0 Å². The molecule has 1 N–H and O–H groups in total. The Balaban J connectivity index is 3.02. The van der Waals surface area contributed by atoms with Crippen LogP contribution >= 0.6 is 18.0 Å². The van der Waals surface area contributed by atoms with Gasteiger partial charge in [-0.1, -0.05) is 0 Å². The molecule has 0 heterocycles. The number of thiol groups is 1. The van der Waals surface area contributed by atoms with Crippen LogP contribution < -0.4 is 0 Å². The molecule has 0 spiro atoms. The number of hydrogen-bond donors (Lipinski definition) is 2. The first kappa shape index (κ1) is 4.74. The molecule has 0 aromatic rings. The topological polar surface area (TPSA) is 20.2 Å². The fraction of sp³-hybridized carbons (Fsp3) is 1.00. The molecule has 0 rings (SSSR count). The molecular formula is CH5OPS. The molecule has 3 heteroatoms. The van der Waals surface area contributed by atoms with E-state index in [-0.39, 0.29) is 0 Å². The van der Waals surface area contributed by atoms with Crippen molar-refractivity contribution in [3.8, 4) is 0 Å². The Hall–Kier alpha value is 0.740. The van der Waals surface area contributed by atoms with E-state index in [4.69, 9.17) is 4.55 Å². The maximum atomic E-state index is 7.98. The summed E-state index contributed by atoms with van der Waals surface area (Å²) in [5.74, 6) is 0. The van der Waals surface area contributed by atoms with Gasteiger partial charge in [-0.15, -0.1) is 0 Å². The third-order valence-electron chi connectivity index (χ3n) is 0. The van der Waals surface area contributed by atoms with Gasteiger partial charge in [0.1, 0.15) is 0 Å². The second-order valence-corrected chi connectivity index (χ2v) is 3.20. The van der Waals surface area contributed by atoms with Gasteiger partial charge < -0.3 is 0 Å². The van der Waals surface area contributed by atoms with Crippen molar-refractivity contribution in [1.82, 2.24) is 0 Å². The van der Waals surface area contributed by atoms with Crippen LogP contribution in [-0.2, 0) is 0 Å². The van der Waals surface area contributed by atoms with E-state index in [1.54, 1.807) is 6.26 Å². The molecule has 0 aliphatic carbocycles. The van der Waals surface area contributed by atoms with Gasteiger partial charge in [0.25, 0.3) is 0 Å². The normalized spacial score (nSPS) is 15.2. The predicted molar refractivity (Wildman–Crippen MR) is 24.5 cm³/mol. The van der Waals surface area contributed by atoms with Crippen LogP contribution in [0.3, 0.4) is 0 Å². The van der Waals surface area contributed by atoms with Crippen LogP contribution in [0.15, 0.2) is 0 Å². The second-order valence-electron chi connectivity index (χ2n) is 0.489. The van der Waals surface area contributed by atoms with Gasteiger partial charge in [0, 0.05) is 0 Å². The Kier molecular flexibility index (Phi) is 2.38. The fourth-order valence-electron chi connectivity index (χ4n) is 0. The molecule has 0 aliphatic heterocycles. The summed E-state index contributed by atoms with van der Waals surface area (Å²) in [6, 6.07) is 0. The average molecular weight is 96.1 g/mol. The summed E-state index contributed by atoms with van der Waals surface area (Å²) in [6.45, 7) is 0. The van der Waals surface area contributed by atoms with Crippen LogP contribution in [0.1, 0.15) is 0 Å². The monoisotopic (exact) mass is 96.0 g/mol. The molecule has 0 aliphatic rings. The van der Waals surface area contributed by atoms with Crippen LogP contribution in [-0.4, -0.2) is 10.8 Å². The third-order valence-corrected chi connectivity index (χ3v) is 0. The van der Waals surface area contributed by atoms with Gasteiger partial charge in [0.05, 0.1) is 0 Å². The van der Waals surface area contributed by atoms with E-state index in [9.17, 15) is 0 Å². The van der Waals surface area contributed by atoms with Crippen molar-refractivity contribution >= 4 is 18.0 Å². The quantitative estimate of drug-likeness (QED) is 0.345. The zero-order valence-corrected chi connectivity index (χ0v) is 4.13. The second kappa shape index (κ2) is 2.01. The molecule has 0 radical (unpaired) electrons. The Bertz CT molecular complexity index is 54.2. The van der Waals surface area contributed by atoms with Gasteiger partial charge in [-0.25, -0.2) is 0 Å². The molecule has 1 atom stereocenters. The van der Waals surface area contributed by atoms with Gasteiger partial charge >= 0.3 is 28.8 Å². The molecule has 0 bridgehead atoms. The van der Waals surface area contributed by atoms with E-state index in [2.05, 4.69) is 7.81 Å². The fourth-order valence-corrected chi connectivity index (χ4v) is 0. The Labute approximate surface area is 29.6 Å². The Morgan fingerprint density at radius 2 is 2.00 bits per heavy atom. The summed E-state index contributed by atoms with van der Waals surface area (Å²) in [7, 11) is 2.66. The van der Waals surface area contributed by atoms with Gasteiger partial charge in [-0.3, -0.25) is 0 Å². The summed E-state index contributed by atoms with van der Waals surface area (Å²) in [5.41, 5.74) is 0. The van der Waals surface area contributed by atoms with Gasteiger partial charge in [0.15, 0.2) is 0 Å². The zero-order valence-electron chi connectivity index (χ0n) is 2.34. The summed E-state index contributed by atoms with van der Waals surface area (Å²) in [4.78, 5) is 0. The van der Waals surface area contributed by atoms with E-state index in [0.717, 1.165) is 0 Å². The van der Waals surface area contributed by atoms with E-state index in [1.165, 1.54) is 0 Å². The van der Waals surface area contributed by atoms with Crippen molar-refractivity contribution in [2.75, 3.05) is 6.26 Å². The van der Waals surface area contributed by atoms with Gasteiger partial charge in [-0.2, -0.15) is 0 Å². The van der Waals surface area contributed by atoms with Crippen LogP contribution in [0.5, 0.6) is 0 Å². The minimum absolute atomic E-state index is 0.926. The molecular weight excluding hydrogens is 91.1 g/mol. The third kappa shape index (κ3) is 15.1. The van der Waals surface area contributed by atoms with Crippen LogP contribution in [0, 0.1) is 0 Å². The van der Waals surface area contributed by atoms with E-state index in [1.807, 2.05) is 0 Å². The first-order valence-corrected chi connectivity index (χ1v) is 3.74. The molecule has 4 heavy (non-hydrogen) atoms. The van der Waals surface area contributed by atoms with E-state index in [0.29, 0.717) is 0 Å². The van der Waals surface area contributed by atoms with Crippen molar-refractivity contribution in [3.05, 3.63) is 0 Å². The Morgan fingerprint density at radius 3 is 2.00 bits per heavy atom. The van der Waals surface area contributed by atoms with Crippen LogP contribution in [0.4, 0.5) is 0 Å². The SMILES string of the molecule is C[SH](O)#P. The number of hydrogen-bond acceptors (Lipinski definition) is 1. The molecule has 0 aromatic carbocycles. The molecule has 0 saturated carbocycles. The summed E-state index contributed by atoms with van der Waals surface area (Å²) in [5, 5.41) is 0. The zero-order chi connectivity index (χ0) is 3.58. The summed E-state index contributed by atoms with van der Waals surface area (Å²) in [6.07, 6.45) is 1.65. The average Bonchev–Trinajstić information content (AvgIpc) is 0.811. The van der Waals surface area contributed by atoms with Crippen molar-refractivity contribution in [2.24, 2.45) is 0 Å².